The monoisotopic (exact) mass is 442 g/mol. The summed E-state index contributed by atoms with van der Waals surface area (Å²) in [6.45, 7) is 4.73. The van der Waals surface area contributed by atoms with E-state index in [1.165, 1.54) is 0 Å². The summed E-state index contributed by atoms with van der Waals surface area (Å²) in [4.78, 5) is 26.3. The molecule has 30 heavy (non-hydrogen) atoms. The van der Waals surface area contributed by atoms with E-state index in [1.54, 1.807) is 54.6 Å². The third kappa shape index (κ3) is 4.66. The molecular formula is C22H20NO5S2-. The van der Waals surface area contributed by atoms with Crippen LogP contribution in [0, 0.1) is 0 Å². The first-order chi connectivity index (χ1) is 14.5. The molecule has 1 aliphatic heterocycles. The molecule has 1 fully saturated rings. The molecule has 2 aromatic rings. The van der Waals surface area contributed by atoms with Gasteiger partial charge in [-0.15, -0.1) is 0 Å². The van der Waals surface area contributed by atoms with Gasteiger partial charge in [0.15, 0.2) is 11.5 Å². The molecule has 0 aliphatic carbocycles. The average molecular weight is 443 g/mol. The summed E-state index contributed by atoms with van der Waals surface area (Å²) in [6.07, 6.45) is 1.66. The molecule has 1 unspecified atom stereocenters. The minimum atomic E-state index is -1.39. The predicted octanol–water partition coefficient (Wildman–Crippen LogP) is 3.18. The van der Waals surface area contributed by atoms with E-state index in [0.717, 1.165) is 16.7 Å². The van der Waals surface area contributed by atoms with Crippen molar-refractivity contribution in [3.8, 4) is 11.5 Å². The molecular weight excluding hydrogens is 422 g/mol. The second-order valence-electron chi connectivity index (χ2n) is 6.26. The van der Waals surface area contributed by atoms with Crippen LogP contribution in [-0.2, 0) is 9.59 Å². The first kappa shape index (κ1) is 21.9. The highest BCUT2D eigenvalue weighted by molar-refractivity contribution is 8.26. The normalized spacial score (nSPS) is 16.1. The van der Waals surface area contributed by atoms with Gasteiger partial charge in [-0.25, -0.2) is 0 Å². The number of rotatable bonds is 8. The third-order valence-corrected chi connectivity index (χ3v) is 5.62. The van der Waals surface area contributed by atoms with Gasteiger partial charge in [-0.3, -0.25) is 9.69 Å². The van der Waals surface area contributed by atoms with Crippen molar-refractivity contribution >= 4 is 46.3 Å². The van der Waals surface area contributed by atoms with Gasteiger partial charge in [0.1, 0.15) is 10.4 Å². The summed E-state index contributed by atoms with van der Waals surface area (Å²) in [6, 6.07) is 12.5. The Kier molecular flexibility index (Phi) is 7.12. The van der Waals surface area contributed by atoms with Crippen molar-refractivity contribution in [2.45, 2.75) is 19.9 Å². The molecule has 2 aromatic carbocycles. The van der Waals surface area contributed by atoms with E-state index in [0.29, 0.717) is 40.7 Å². The molecule has 3 rings (SSSR count). The SMILES string of the molecule is CCOc1ccc(C=C2SC(=S)N(C(C(=O)[O-])c3ccccc3)C2=O)cc1OCC. The molecule has 8 heteroatoms. The highest BCUT2D eigenvalue weighted by Crippen LogP contribution is 2.39. The lowest BCUT2D eigenvalue weighted by atomic mass is 10.1. The van der Waals surface area contributed by atoms with Gasteiger partial charge in [-0.2, -0.15) is 0 Å². The minimum Gasteiger partial charge on any atom is -0.547 e. The second kappa shape index (κ2) is 9.77. The Morgan fingerprint density at radius 1 is 1.13 bits per heavy atom. The van der Waals surface area contributed by atoms with Gasteiger partial charge in [0, 0.05) is 0 Å². The van der Waals surface area contributed by atoms with Gasteiger partial charge in [0.25, 0.3) is 5.91 Å². The maximum absolute atomic E-state index is 13.0. The Morgan fingerprint density at radius 2 is 1.80 bits per heavy atom. The number of carboxylic acids is 1. The van der Waals surface area contributed by atoms with Gasteiger partial charge >= 0.3 is 0 Å². The van der Waals surface area contributed by atoms with E-state index in [-0.39, 0.29) is 4.32 Å². The Bertz CT molecular complexity index is 990. The number of ether oxygens (including phenoxy) is 2. The van der Waals surface area contributed by atoms with Crippen molar-refractivity contribution in [3.05, 3.63) is 64.6 Å². The Morgan fingerprint density at radius 3 is 2.43 bits per heavy atom. The van der Waals surface area contributed by atoms with Crippen LogP contribution in [0.4, 0.5) is 0 Å². The molecule has 0 bridgehead atoms. The predicted molar refractivity (Wildman–Crippen MR) is 118 cm³/mol. The maximum atomic E-state index is 13.0. The summed E-state index contributed by atoms with van der Waals surface area (Å²) in [5.74, 6) is -0.682. The van der Waals surface area contributed by atoms with E-state index >= 15 is 0 Å². The number of benzene rings is 2. The van der Waals surface area contributed by atoms with E-state index in [9.17, 15) is 14.7 Å². The van der Waals surface area contributed by atoms with Crippen LogP contribution in [0.5, 0.6) is 11.5 Å². The third-order valence-electron chi connectivity index (χ3n) is 4.29. The van der Waals surface area contributed by atoms with Crippen LogP contribution in [-0.4, -0.2) is 34.3 Å². The minimum absolute atomic E-state index is 0.167. The van der Waals surface area contributed by atoms with E-state index in [1.807, 2.05) is 13.8 Å². The van der Waals surface area contributed by atoms with Crippen LogP contribution in [0.3, 0.4) is 0 Å². The number of thiocarbonyl (C=S) groups is 1. The number of carbonyl (C=O) groups is 2. The maximum Gasteiger partial charge on any atom is 0.267 e. The van der Waals surface area contributed by atoms with Crippen molar-refractivity contribution in [3.63, 3.8) is 0 Å². The largest absolute Gasteiger partial charge is 0.547 e. The van der Waals surface area contributed by atoms with Crippen LogP contribution in [0.15, 0.2) is 53.4 Å². The second-order valence-corrected chi connectivity index (χ2v) is 7.93. The molecule has 1 heterocycles. The molecule has 6 nitrogen and oxygen atoms in total. The van der Waals surface area contributed by atoms with Gasteiger partial charge in [0.2, 0.25) is 0 Å². The van der Waals surface area contributed by atoms with Gasteiger partial charge < -0.3 is 19.4 Å². The summed E-state index contributed by atoms with van der Waals surface area (Å²) >= 11 is 6.38. The fourth-order valence-corrected chi connectivity index (χ4v) is 4.35. The fraction of sp³-hybridized carbons (Fsp3) is 0.227. The lowest BCUT2D eigenvalue weighted by Crippen LogP contribution is -2.43. The van der Waals surface area contributed by atoms with Crippen molar-refractivity contribution in [1.82, 2.24) is 4.90 Å². The van der Waals surface area contributed by atoms with Crippen LogP contribution in [0.2, 0.25) is 0 Å². The summed E-state index contributed by atoms with van der Waals surface area (Å²) in [5, 5.41) is 11.8. The smallest absolute Gasteiger partial charge is 0.267 e. The number of carbonyl (C=O) groups excluding carboxylic acids is 2. The molecule has 0 spiro atoms. The highest BCUT2D eigenvalue weighted by atomic mass is 32.2. The summed E-state index contributed by atoms with van der Waals surface area (Å²) in [5.41, 5.74) is 1.14. The zero-order valence-corrected chi connectivity index (χ0v) is 18.1. The van der Waals surface area contributed by atoms with E-state index < -0.39 is 17.9 Å². The van der Waals surface area contributed by atoms with Crippen LogP contribution in [0.1, 0.15) is 31.0 Å². The van der Waals surface area contributed by atoms with Crippen molar-refractivity contribution in [1.29, 1.82) is 0 Å². The Balaban J connectivity index is 1.93. The molecule has 0 N–H and O–H groups in total. The fourth-order valence-electron chi connectivity index (χ4n) is 3.04. The first-order valence-electron chi connectivity index (χ1n) is 9.38. The number of carboxylic acid groups (broad SMARTS) is 1. The van der Waals surface area contributed by atoms with Crippen LogP contribution in [0.25, 0.3) is 6.08 Å². The van der Waals surface area contributed by atoms with Crippen LogP contribution >= 0.6 is 24.0 Å². The Labute approximate surface area is 184 Å². The molecule has 156 valence electrons. The molecule has 1 saturated heterocycles. The molecule has 1 amide bonds. The van der Waals surface area contributed by atoms with Crippen LogP contribution < -0.4 is 14.6 Å². The average Bonchev–Trinajstić information content (AvgIpc) is 2.99. The van der Waals surface area contributed by atoms with Gasteiger partial charge in [-0.05, 0) is 43.2 Å². The lowest BCUT2D eigenvalue weighted by molar-refractivity contribution is -0.310. The van der Waals surface area contributed by atoms with Crippen molar-refractivity contribution in [2.75, 3.05) is 13.2 Å². The zero-order valence-electron chi connectivity index (χ0n) is 16.5. The van der Waals surface area contributed by atoms with Crippen molar-refractivity contribution < 1.29 is 24.2 Å². The molecule has 0 radical (unpaired) electrons. The van der Waals surface area contributed by atoms with E-state index in [4.69, 9.17) is 21.7 Å². The zero-order chi connectivity index (χ0) is 21.7. The summed E-state index contributed by atoms with van der Waals surface area (Å²) in [7, 11) is 0. The number of thioether (sulfide) groups is 1. The topological polar surface area (TPSA) is 78.9 Å². The quantitative estimate of drug-likeness (QED) is 0.459. The van der Waals surface area contributed by atoms with Crippen molar-refractivity contribution in [2.24, 2.45) is 0 Å². The molecule has 1 atom stereocenters. The molecule has 1 aliphatic rings. The van der Waals surface area contributed by atoms with E-state index in [2.05, 4.69) is 0 Å². The number of amides is 1. The van der Waals surface area contributed by atoms with Gasteiger partial charge in [-0.1, -0.05) is 60.4 Å². The number of nitrogens with zero attached hydrogens (tertiary/aromatic N) is 1. The summed E-state index contributed by atoms with van der Waals surface area (Å²) < 4.78 is 11.3. The first-order valence-corrected chi connectivity index (χ1v) is 10.6. The van der Waals surface area contributed by atoms with Gasteiger partial charge in [0.05, 0.1) is 24.1 Å². The Hall–Kier alpha value is -2.84. The number of aliphatic carboxylic acids is 1. The number of hydrogen-bond acceptors (Lipinski definition) is 7. The molecule has 0 saturated carbocycles. The molecule has 0 aromatic heterocycles. The number of hydrogen-bond donors (Lipinski definition) is 0. The standard InChI is InChI=1S/C22H21NO5S2/c1-3-27-16-11-10-14(12-17(16)28-4-2)13-18-20(24)23(22(29)30-18)19(21(25)26)15-8-6-5-7-9-15/h5-13,19H,3-4H2,1-2H3,(H,25,26)/p-1. The lowest BCUT2D eigenvalue weighted by Gasteiger charge is -2.27. The highest BCUT2D eigenvalue weighted by Gasteiger charge is 2.38.